The summed E-state index contributed by atoms with van der Waals surface area (Å²) in [5, 5.41) is 2.83. The maximum atomic E-state index is 12.3. The highest BCUT2D eigenvalue weighted by Crippen LogP contribution is 2.27. The molecule has 0 aliphatic heterocycles. The zero-order valence-electron chi connectivity index (χ0n) is 18.2. The van der Waals surface area contributed by atoms with Crippen LogP contribution in [0.15, 0.2) is 59.0 Å². The molecule has 0 bridgehead atoms. The lowest BCUT2D eigenvalue weighted by Gasteiger charge is -2.09. The van der Waals surface area contributed by atoms with Crippen LogP contribution in [0.3, 0.4) is 0 Å². The zero-order chi connectivity index (χ0) is 22.9. The quantitative estimate of drug-likeness (QED) is 0.482. The minimum atomic E-state index is -0.413. The van der Waals surface area contributed by atoms with Crippen molar-refractivity contribution in [2.75, 3.05) is 27.9 Å². The first-order chi connectivity index (χ1) is 15.5. The fourth-order valence-electron chi connectivity index (χ4n) is 2.98. The van der Waals surface area contributed by atoms with Crippen LogP contribution >= 0.6 is 0 Å². The number of benzene rings is 2. The summed E-state index contributed by atoms with van der Waals surface area (Å²) in [6.45, 7) is 0.587. The standard InChI is InChI=1S/C24H25NO7/c1-28-20-10-4-16(14-22(20)29-2)12-13-25-23(26)21-11-9-19(32-21)15-31-18-7-5-17(6-8-18)24(27)30-3/h4-11,14H,12-13,15H2,1-3H3,(H,25,26). The number of hydrogen-bond donors (Lipinski definition) is 1. The molecule has 1 N–H and O–H groups in total. The Hall–Kier alpha value is -3.94. The molecule has 1 heterocycles. The Balaban J connectivity index is 1.47. The number of carbonyl (C=O) groups excluding carboxylic acids is 2. The van der Waals surface area contributed by atoms with Gasteiger partial charge in [-0.1, -0.05) is 6.07 Å². The Kier molecular flexibility index (Phi) is 7.75. The fraction of sp³-hybridized carbons (Fsp3) is 0.250. The van der Waals surface area contributed by atoms with E-state index < -0.39 is 5.97 Å². The highest BCUT2D eigenvalue weighted by Gasteiger charge is 2.12. The molecule has 0 unspecified atom stereocenters. The van der Waals surface area contributed by atoms with E-state index in [9.17, 15) is 9.59 Å². The van der Waals surface area contributed by atoms with Crippen molar-refractivity contribution in [1.29, 1.82) is 0 Å². The van der Waals surface area contributed by atoms with E-state index in [-0.39, 0.29) is 18.3 Å². The predicted octanol–water partition coefficient (Wildman–Crippen LogP) is 3.63. The van der Waals surface area contributed by atoms with E-state index in [4.69, 9.17) is 18.6 Å². The molecular weight excluding hydrogens is 414 g/mol. The predicted molar refractivity (Wildman–Crippen MR) is 116 cm³/mol. The van der Waals surface area contributed by atoms with Gasteiger partial charge in [0.25, 0.3) is 5.91 Å². The summed E-state index contributed by atoms with van der Waals surface area (Å²) in [6.07, 6.45) is 0.629. The molecule has 3 aromatic rings. The van der Waals surface area contributed by atoms with Crippen LogP contribution in [0, 0.1) is 0 Å². The van der Waals surface area contributed by atoms with Gasteiger partial charge in [-0.2, -0.15) is 0 Å². The van der Waals surface area contributed by atoms with Gasteiger partial charge in [-0.15, -0.1) is 0 Å². The second-order valence-corrected chi connectivity index (χ2v) is 6.77. The van der Waals surface area contributed by atoms with Crippen LogP contribution in [-0.2, 0) is 17.8 Å². The average Bonchev–Trinajstić information content (AvgIpc) is 3.31. The molecule has 0 radical (unpaired) electrons. The molecule has 8 heteroatoms. The molecule has 0 aliphatic rings. The summed E-state index contributed by atoms with van der Waals surface area (Å²) in [5.41, 5.74) is 1.44. The Morgan fingerprint density at radius 3 is 2.34 bits per heavy atom. The van der Waals surface area contributed by atoms with Gasteiger partial charge in [0, 0.05) is 6.54 Å². The van der Waals surface area contributed by atoms with E-state index in [1.54, 1.807) is 50.6 Å². The molecule has 0 fully saturated rings. The molecule has 168 valence electrons. The molecule has 0 saturated carbocycles. The van der Waals surface area contributed by atoms with E-state index in [0.29, 0.717) is 41.5 Å². The third kappa shape index (κ3) is 5.81. The van der Waals surface area contributed by atoms with Gasteiger partial charge >= 0.3 is 5.97 Å². The van der Waals surface area contributed by atoms with Gasteiger partial charge in [-0.3, -0.25) is 4.79 Å². The third-order valence-corrected chi connectivity index (χ3v) is 4.69. The number of methoxy groups -OCH3 is 3. The van der Waals surface area contributed by atoms with E-state index in [1.807, 2.05) is 18.2 Å². The number of amides is 1. The van der Waals surface area contributed by atoms with Crippen LogP contribution in [0.25, 0.3) is 0 Å². The van der Waals surface area contributed by atoms with Crippen molar-refractivity contribution in [3.05, 3.63) is 77.2 Å². The maximum absolute atomic E-state index is 12.3. The Bertz CT molecular complexity index is 1060. The van der Waals surface area contributed by atoms with Crippen molar-refractivity contribution < 1.29 is 33.0 Å². The fourth-order valence-corrected chi connectivity index (χ4v) is 2.98. The van der Waals surface area contributed by atoms with Crippen LogP contribution < -0.4 is 19.5 Å². The monoisotopic (exact) mass is 439 g/mol. The summed E-state index contributed by atoms with van der Waals surface area (Å²) in [4.78, 5) is 23.8. The van der Waals surface area contributed by atoms with Crippen molar-refractivity contribution in [1.82, 2.24) is 5.32 Å². The zero-order valence-corrected chi connectivity index (χ0v) is 18.2. The lowest BCUT2D eigenvalue weighted by atomic mass is 10.1. The van der Waals surface area contributed by atoms with Gasteiger partial charge in [0.05, 0.1) is 26.9 Å². The minimum Gasteiger partial charge on any atom is -0.493 e. The van der Waals surface area contributed by atoms with Crippen LogP contribution in [0.4, 0.5) is 0 Å². The molecule has 0 saturated heterocycles. The normalized spacial score (nSPS) is 10.3. The first-order valence-corrected chi connectivity index (χ1v) is 9.93. The first-order valence-electron chi connectivity index (χ1n) is 9.93. The topological polar surface area (TPSA) is 96.2 Å². The molecular formula is C24H25NO7. The van der Waals surface area contributed by atoms with Gasteiger partial charge in [-0.05, 0) is 60.5 Å². The number of esters is 1. The minimum absolute atomic E-state index is 0.149. The Morgan fingerprint density at radius 1 is 0.906 bits per heavy atom. The van der Waals surface area contributed by atoms with Crippen molar-refractivity contribution >= 4 is 11.9 Å². The summed E-state index contributed by atoms with van der Waals surface area (Å²) >= 11 is 0. The van der Waals surface area contributed by atoms with Crippen molar-refractivity contribution in [2.24, 2.45) is 0 Å². The second-order valence-electron chi connectivity index (χ2n) is 6.77. The molecule has 1 aromatic heterocycles. The average molecular weight is 439 g/mol. The van der Waals surface area contributed by atoms with Crippen LogP contribution in [0.5, 0.6) is 17.2 Å². The molecule has 32 heavy (non-hydrogen) atoms. The number of rotatable bonds is 10. The van der Waals surface area contributed by atoms with Gasteiger partial charge in [0.1, 0.15) is 18.1 Å². The lowest BCUT2D eigenvalue weighted by Crippen LogP contribution is -2.25. The summed E-state index contributed by atoms with van der Waals surface area (Å²) in [5.74, 6) is 1.86. The molecule has 0 atom stereocenters. The Morgan fingerprint density at radius 2 is 1.66 bits per heavy atom. The molecule has 8 nitrogen and oxygen atoms in total. The van der Waals surface area contributed by atoms with Crippen LogP contribution in [-0.4, -0.2) is 39.8 Å². The van der Waals surface area contributed by atoms with Gasteiger partial charge < -0.3 is 28.7 Å². The number of furan rings is 1. The Labute approximate surface area is 186 Å². The smallest absolute Gasteiger partial charge is 0.337 e. The highest BCUT2D eigenvalue weighted by molar-refractivity contribution is 5.91. The molecule has 0 spiro atoms. The van der Waals surface area contributed by atoms with E-state index >= 15 is 0 Å². The summed E-state index contributed by atoms with van der Waals surface area (Å²) in [6, 6.07) is 15.5. The SMILES string of the molecule is COC(=O)c1ccc(OCc2ccc(C(=O)NCCc3ccc(OC)c(OC)c3)o2)cc1. The number of ether oxygens (including phenoxy) is 4. The molecule has 2 aromatic carbocycles. The molecule has 0 aliphatic carbocycles. The van der Waals surface area contributed by atoms with E-state index in [2.05, 4.69) is 10.1 Å². The van der Waals surface area contributed by atoms with E-state index in [0.717, 1.165) is 5.56 Å². The summed E-state index contributed by atoms with van der Waals surface area (Å²) < 4.78 is 26.4. The maximum Gasteiger partial charge on any atom is 0.337 e. The number of hydrogen-bond acceptors (Lipinski definition) is 7. The van der Waals surface area contributed by atoms with Gasteiger partial charge in [-0.25, -0.2) is 4.79 Å². The van der Waals surface area contributed by atoms with Crippen molar-refractivity contribution in [2.45, 2.75) is 13.0 Å². The third-order valence-electron chi connectivity index (χ3n) is 4.69. The lowest BCUT2D eigenvalue weighted by molar-refractivity contribution is 0.0600. The second kappa shape index (κ2) is 10.9. The molecule has 3 rings (SSSR count). The number of carbonyl (C=O) groups is 2. The summed E-state index contributed by atoms with van der Waals surface area (Å²) in [7, 11) is 4.49. The largest absolute Gasteiger partial charge is 0.493 e. The van der Waals surface area contributed by atoms with Crippen LogP contribution in [0.2, 0.25) is 0 Å². The van der Waals surface area contributed by atoms with E-state index in [1.165, 1.54) is 7.11 Å². The molecule has 1 amide bonds. The highest BCUT2D eigenvalue weighted by atomic mass is 16.5. The number of nitrogens with one attached hydrogen (secondary N) is 1. The van der Waals surface area contributed by atoms with Crippen LogP contribution in [0.1, 0.15) is 32.2 Å². The van der Waals surface area contributed by atoms with Crippen molar-refractivity contribution in [3.63, 3.8) is 0 Å². The van der Waals surface area contributed by atoms with Gasteiger partial charge in [0.2, 0.25) is 0 Å². The van der Waals surface area contributed by atoms with Gasteiger partial charge in [0.15, 0.2) is 17.3 Å². The first kappa shape index (κ1) is 22.7. The van der Waals surface area contributed by atoms with Crippen molar-refractivity contribution in [3.8, 4) is 17.2 Å².